The van der Waals surface area contributed by atoms with E-state index in [0.29, 0.717) is 6.42 Å². The fourth-order valence-electron chi connectivity index (χ4n) is 6.38. The second kappa shape index (κ2) is 23.1. The molecule has 0 bridgehead atoms. The van der Waals surface area contributed by atoms with Crippen LogP contribution < -0.4 is 0 Å². The Balaban J connectivity index is 1.75. The highest BCUT2D eigenvalue weighted by atomic mass is 32.2. The monoisotopic (exact) mass is 600 g/mol. The molecule has 3 nitrogen and oxygen atoms in total. The SMILES string of the molecule is CCCCCCCCCCCCCCc1cc2cccc(CCCCCCCCCCCCCC)c2cc1S(=O)(=O)O. The minimum absolute atomic E-state index is 0.111. The van der Waals surface area contributed by atoms with Crippen molar-refractivity contribution in [3.05, 3.63) is 41.5 Å². The molecule has 240 valence electrons. The molecule has 2 aromatic rings. The lowest BCUT2D eigenvalue weighted by molar-refractivity contribution is 0.481. The van der Waals surface area contributed by atoms with Crippen LogP contribution >= 0.6 is 0 Å². The molecule has 0 amide bonds. The highest BCUT2D eigenvalue weighted by Crippen LogP contribution is 2.29. The largest absolute Gasteiger partial charge is 0.294 e. The van der Waals surface area contributed by atoms with E-state index in [9.17, 15) is 13.0 Å². The van der Waals surface area contributed by atoms with Crippen LogP contribution in [-0.4, -0.2) is 13.0 Å². The van der Waals surface area contributed by atoms with Gasteiger partial charge in [-0.15, -0.1) is 0 Å². The van der Waals surface area contributed by atoms with Crippen molar-refractivity contribution in [1.29, 1.82) is 0 Å². The fourth-order valence-corrected chi connectivity index (χ4v) is 7.14. The van der Waals surface area contributed by atoms with E-state index < -0.39 is 10.1 Å². The predicted molar refractivity (Wildman–Crippen MR) is 183 cm³/mol. The van der Waals surface area contributed by atoms with Crippen LogP contribution in [0.15, 0.2) is 35.2 Å². The van der Waals surface area contributed by atoms with Crippen molar-refractivity contribution in [2.75, 3.05) is 0 Å². The van der Waals surface area contributed by atoms with Gasteiger partial charge in [0.15, 0.2) is 0 Å². The van der Waals surface area contributed by atoms with Crippen molar-refractivity contribution in [1.82, 2.24) is 0 Å². The molecule has 0 saturated heterocycles. The molecular formula is C38H64O3S. The summed E-state index contributed by atoms with van der Waals surface area (Å²) in [6, 6.07) is 10.1. The van der Waals surface area contributed by atoms with Crippen molar-refractivity contribution in [2.24, 2.45) is 0 Å². The normalized spacial score (nSPS) is 12.0. The Morgan fingerprint density at radius 3 is 1.29 bits per heavy atom. The first-order valence-electron chi connectivity index (χ1n) is 18.0. The Labute approximate surface area is 260 Å². The number of benzene rings is 2. The maximum absolute atomic E-state index is 12.4. The lowest BCUT2D eigenvalue weighted by Crippen LogP contribution is -2.04. The summed E-state index contributed by atoms with van der Waals surface area (Å²) in [5, 5.41) is 2.07. The highest BCUT2D eigenvalue weighted by molar-refractivity contribution is 7.85. The van der Waals surface area contributed by atoms with Gasteiger partial charge >= 0.3 is 0 Å². The Bertz CT molecular complexity index is 1060. The van der Waals surface area contributed by atoms with E-state index in [-0.39, 0.29) is 4.90 Å². The van der Waals surface area contributed by atoms with Gasteiger partial charge in [0.25, 0.3) is 10.1 Å². The van der Waals surface area contributed by atoms with E-state index in [1.165, 1.54) is 140 Å². The van der Waals surface area contributed by atoms with E-state index in [1.54, 1.807) is 6.07 Å². The van der Waals surface area contributed by atoms with Gasteiger partial charge in [-0.2, -0.15) is 8.42 Å². The van der Waals surface area contributed by atoms with Crippen molar-refractivity contribution in [2.45, 2.75) is 186 Å². The summed E-state index contributed by atoms with van der Waals surface area (Å²) in [6.45, 7) is 4.54. The second-order valence-corrected chi connectivity index (χ2v) is 14.2. The lowest BCUT2D eigenvalue weighted by Gasteiger charge is -2.13. The van der Waals surface area contributed by atoms with Crippen LogP contribution in [0.2, 0.25) is 0 Å². The fraction of sp³-hybridized carbons (Fsp3) is 0.737. The molecule has 0 heterocycles. The van der Waals surface area contributed by atoms with Crippen LogP contribution in [0.25, 0.3) is 10.8 Å². The zero-order valence-electron chi connectivity index (χ0n) is 27.4. The number of rotatable bonds is 27. The zero-order chi connectivity index (χ0) is 30.3. The van der Waals surface area contributed by atoms with Crippen LogP contribution in [0.5, 0.6) is 0 Å². The van der Waals surface area contributed by atoms with Crippen molar-refractivity contribution in [3.63, 3.8) is 0 Å². The smallest absolute Gasteiger partial charge is 0.282 e. The minimum Gasteiger partial charge on any atom is -0.282 e. The first-order valence-corrected chi connectivity index (χ1v) is 19.4. The van der Waals surface area contributed by atoms with Crippen LogP contribution in [0.1, 0.15) is 179 Å². The van der Waals surface area contributed by atoms with Gasteiger partial charge in [-0.1, -0.05) is 173 Å². The Morgan fingerprint density at radius 1 is 0.500 bits per heavy atom. The molecule has 0 atom stereocenters. The Kier molecular flexibility index (Phi) is 20.2. The molecule has 0 fully saturated rings. The number of aryl methyl sites for hydroxylation is 2. The van der Waals surface area contributed by atoms with Crippen molar-refractivity contribution in [3.8, 4) is 0 Å². The summed E-state index contributed by atoms with van der Waals surface area (Å²) < 4.78 is 34.8. The number of fused-ring (bicyclic) bond motifs is 1. The lowest BCUT2D eigenvalue weighted by atomic mass is 9.96. The molecule has 0 aliphatic heterocycles. The summed E-state index contributed by atoms with van der Waals surface area (Å²) in [6.07, 6.45) is 33.0. The molecule has 0 aromatic heterocycles. The Morgan fingerprint density at radius 2 is 0.881 bits per heavy atom. The van der Waals surface area contributed by atoms with E-state index >= 15 is 0 Å². The third-order valence-corrected chi connectivity index (χ3v) is 9.96. The first kappa shape index (κ1) is 36.8. The van der Waals surface area contributed by atoms with Gasteiger partial charge in [0.1, 0.15) is 0 Å². The summed E-state index contributed by atoms with van der Waals surface area (Å²) in [4.78, 5) is 0.111. The molecule has 2 aromatic carbocycles. The molecule has 42 heavy (non-hydrogen) atoms. The third-order valence-electron chi connectivity index (χ3n) is 9.03. The average Bonchev–Trinajstić information content (AvgIpc) is 2.97. The van der Waals surface area contributed by atoms with Gasteiger partial charge < -0.3 is 0 Å². The van der Waals surface area contributed by atoms with Crippen molar-refractivity contribution >= 4 is 20.9 Å². The number of hydrogen-bond acceptors (Lipinski definition) is 2. The highest BCUT2D eigenvalue weighted by Gasteiger charge is 2.17. The van der Waals surface area contributed by atoms with Gasteiger partial charge in [0.2, 0.25) is 0 Å². The average molecular weight is 601 g/mol. The minimum atomic E-state index is -4.26. The summed E-state index contributed by atoms with van der Waals surface area (Å²) in [5.41, 5.74) is 1.96. The van der Waals surface area contributed by atoms with Crippen LogP contribution in [0.4, 0.5) is 0 Å². The van der Waals surface area contributed by atoms with Crippen LogP contribution in [0.3, 0.4) is 0 Å². The molecule has 0 unspecified atom stereocenters. The maximum atomic E-state index is 12.4. The van der Waals surface area contributed by atoms with Gasteiger partial charge in [0.05, 0.1) is 4.90 Å². The topological polar surface area (TPSA) is 54.4 Å². The van der Waals surface area contributed by atoms with Crippen LogP contribution in [0, 0.1) is 0 Å². The molecule has 0 radical (unpaired) electrons. The van der Waals surface area contributed by atoms with Crippen molar-refractivity contribution < 1.29 is 13.0 Å². The summed E-state index contributed by atoms with van der Waals surface area (Å²) in [7, 11) is -4.26. The van der Waals surface area contributed by atoms with E-state index in [0.717, 1.165) is 42.0 Å². The summed E-state index contributed by atoms with van der Waals surface area (Å²) >= 11 is 0. The molecule has 0 spiro atoms. The predicted octanol–water partition coefficient (Wildman–Crippen LogP) is 12.6. The quantitative estimate of drug-likeness (QED) is 0.0819. The molecule has 0 saturated carbocycles. The molecule has 0 aliphatic carbocycles. The van der Waals surface area contributed by atoms with Gasteiger partial charge in [0, 0.05) is 0 Å². The first-order chi connectivity index (χ1) is 20.5. The second-order valence-electron chi connectivity index (χ2n) is 12.9. The maximum Gasteiger partial charge on any atom is 0.294 e. The van der Waals surface area contributed by atoms with Gasteiger partial charge in [-0.05, 0) is 59.7 Å². The van der Waals surface area contributed by atoms with Gasteiger partial charge in [-0.25, -0.2) is 0 Å². The molecule has 2 rings (SSSR count). The molecule has 0 aliphatic rings. The van der Waals surface area contributed by atoms with Gasteiger partial charge in [-0.3, -0.25) is 4.55 Å². The van der Waals surface area contributed by atoms with E-state index in [1.807, 2.05) is 6.07 Å². The van der Waals surface area contributed by atoms with Crippen LogP contribution in [-0.2, 0) is 23.0 Å². The van der Waals surface area contributed by atoms with E-state index in [2.05, 4.69) is 32.0 Å². The summed E-state index contributed by atoms with van der Waals surface area (Å²) in [5.74, 6) is 0. The zero-order valence-corrected chi connectivity index (χ0v) is 28.3. The number of hydrogen-bond donors (Lipinski definition) is 1. The Hall–Kier alpha value is -1.39. The molecule has 1 N–H and O–H groups in total. The van der Waals surface area contributed by atoms with E-state index in [4.69, 9.17) is 0 Å². The third kappa shape index (κ3) is 15.9. The molecular weight excluding hydrogens is 536 g/mol. The standard InChI is InChI=1S/C38H64O3S/c1-3-5-7-9-11-13-15-17-19-21-23-25-28-34-30-27-31-35-32-36(38(33-37(34)35)42(39,40)41)29-26-24-22-20-18-16-14-12-10-8-6-4-2/h27,30-33H,3-26,28-29H2,1-2H3,(H,39,40,41). The number of unbranched alkanes of at least 4 members (excludes halogenated alkanes) is 22. The molecule has 4 heteroatoms.